The van der Waals surface area contributed by atoms with E-state index in [0.29, 0.717) is 5.56 Å². The number of hydrogen-bond acceptors (Lipinski definition) is 1. The lowest BCUT2D eigenvalue weighted by Crippen LogP contribution is -2.08. The fraction of sp³-hybridized carbons (Fsp3) is 0.455. The van der Waals surface area contributed by atoms with Crippen molar-refractivity contribution in [1.29, 1.82) is 0 Å². The lowest BCUT2D eigenvalue weighted by Gasteiger charge is -2.16. The van der Waals surface area contributed by atoms with Crippen LogP contribution in [-0.2, 0) is 0 Å². The molecule has 78 valence electrons. The molecule has 0 bridgehead atoms. The van der Waals surface area contributed by atoms with Crippen molar-refractivity contribution in [2.75, 3.05) is 0 Å². The first-order valence-corrected chi connectivity index (χ1v) is 4.57. The molecule has 0 saturated carbocycles. The second-order valence-electron chi connectivity index (χ2n) is 3.81. The number of aryl methyl sites for hydroxylation is 1. The van der Waals surface area contributed by atoms with Crippen LogP contribution in [0.4, 0.5) is 8.78 Å². The highest BCUT2D eigenvalue weighted by Gasteiger charge is 2.17. The molecule has 3 heteroatoms. The molecule has 1 rings (SSSR count). The predicted molar refractivity (Wildman–Crippen MR) is 50.9 cm³/mol. The van der Waals surface area contributed by atoms with E-state index in [1.165, 1.54) is 6.07 Å². The van der Waals surface area contributed by atoms with Crippen molar-refractivity contribution in [3.8, 4) is 0 Å². The van der Waals surface area contributed by atoms with Gasteiger partial charge in [-0.1, -0.05) is 13.8 Å². The second kappa shape index (κ2) is 4.05. The Labute approximate surface area is 82.4 Å². The van der Waals surface area contributed by atoms with Crippen LogP contribution in [0.2, 0.25) is 0 Å². The van der Waals surface area contributed by atoms with Gasteiger partial charge in [-0.3, -0.25) is 0 Å². The molecule has 0 spiro atoms. The average Bonchev–Trinajstić information content (AvgIpc) is 2.10. The van der Waals surface area contributed by atoms with Crippen molar-refractivity contribution in [2.24, 2.45) is 5.92 Å². The third-order valence-electron chi connectivity index (χ3n) is 2.23. The molecule has 0 radical (unpaired) electrons. The molecule has 0 amide bonds. The van der Waals surface area contributed by atoms with Crippen LogP contribution in [0.3, 0.4) is 0 Å². The summed E-state index contributed by atoms with van der Waals surface area (Å²) in [5.41, 5.74) is 0.514. The van der Waals surface area contributed by atoms with Crippen molar-refractivity contribution < 1.29 is 13.9 Å². The zero-order valence-corrected chi connectivity index (χ0v) is 8.51. The highest BCUT2D eigenvalue weighted by Crippen LogP contribution is 2.25. The largest absolute Gasteiger partial charge is 0.388 e. The molecule has 1 atom stereocenters. The highest BCUT2D eigenvalue weighted by molar-refractivity contribution is 5.27. The monoisotopic (exact) mass is 200 g/mol. The molecule has 14 heavy (non-hydrogen) atoms. The minimum Gasteiger partial charge on any atom is -0.388 e. The van der Waals surface area contributed by atoms with Crippen LogP contribution >= 0.6 is 0 Å². The topological polar surface area (TPSA) is 20.2 Å². The van der Waals surface area contributed by atoms with E-state index in [1.807, 2.05) is 0 Å². The molecule has 0 saturated heterocycles. The molecule has 1 aromatic carbocycles. The van der Waals surface area contributed by atoms with E-state index >= 15 is 0 Å². The normalized spacial score (nSPS) is 13.4. The molecule has 0 aliphatic carbocycles. The molecular weight excluding hydrogens is 186 g/mol. The Balaban J connectivity index is 3.15. The lowest BCUT2D eigenvalue weighted by atomic mass is 9.97. The Bertz CT molecular complexity index is 334. The Kier molecular flexibility index (Phi) is 3.21. The van der Waals surface area contributed by atoms with Gasteiger partial charge in [-0.05, 0) is 24.5 Å². The van der Waals surface area contributed by atoms with Gasteiger partial charge in [0.25, 0.3) is 0 Å². The number of aliphatic hydroxyl groups excluding tert-OH is 1. The minimum atomic E-state index is -0.880. The van der Waals surface area contributed by atoms with E-state index in [9.17, 15) is 13.9 Å². The molecule has 0 aliphatic heterocycles. The minimum absolute atomic E-state index is 0.0886. The molecule has 0 aromatic heterocycles. The van der Waals surface area contributed by atoms with Gasteiger partial charge in [0, 0.05) is 11.6 Å². The first-order chi connectivity index (χ1) is 6.43. The van der Waals surface area contributed by atoms with E-state index < -0.39 is 17.7 Å². The lowest BCUT2D eigenvalue weighted by molar-refractivity contribution is 0.122. The Hall–Kier alpha value is -0.960. The molecule has 1 nitrogen and oxygen atoms in total. The number of benzene rings is 1. The van der Waals surface area contributed by atoms with Crippen LogP contribution < -0.4 is 0 Å². The van der Waals surface area contributed by atoms with Gasteiger partial charge in [-0.25, -0.2) is 8.78 Å². The molecule has 1 aromatic rings. The van der Waals surface area contributed by atoms with Crippen molar-refractivity contribution in [1.82, 2.24) is 0 Å². The summed E-state index contributed by atoms with van der Waals surface area (Å²) in [5.74, 6) is -1.36. The average molecular weight is 200 g/mol. The summed E-state index contributed by atoms with van der Waals surface area (Å²) in [6.07, 6.45) is -0.880. The van der Waals surface area contributed by atoms with Crippen LogP contribution in [0.5, 0.6) is 0 Å². The quantitative estimate of drug-likeness (QED) is 0.778. The fourth-order valence-electron chi connectivity index (χ4n) is 1.27. The van der Waals surface area contributed by atoms with Gasteiger partial charge in [-0.15, -0.1) is 0 Å². The number of halogens is 2. The number of hydrogen-bond donors (Lipinski definition) is 1. The summed E-state index contributed by atoms with van der Waals surface area (Å²) >= 11 is 0. The first-order valence-electron chi connectivity index (χ1n) is 4.57. The number of rotatable bonds is 2. The van der Waals surface area contributed by atoms with E-state index in [0.717, 1.165) is 6.07 Å². The molecule has 0 aliphatic rings. The molecular formula is C11H14F2O. The van der Waals surface area contributed by atoms with Crippen LogP contribution in [0.25, 0.3) is 0 Å². The summed E-state index contributed by atoms with van der Waals surface area (Å²) in [6, 6.07) is 2.17. The summed E-state index contributed by atoms with van der Waals surface area (Å²) in [7, 11) is 0. The Morgan fingerprint density at radius 1 is 1.14 bits per heavy atom. The second-order valence-corrected chi connectivity index (χ2v) is 3.81. The maximum atomic E-state index is 13.2. The van der Waals surface area contributed by atoms with E-state index in [2.05, 4.69) is 0 Å². The maximum Gasteiger partial charge on any atom is 0.131 e. The van der Waals surface area contributed by atoms with Gasteiger partial charge in [0.15, 0.2) is 0 Å². The third-order valence-corrected chi connectivity index (χ3v) is 2.23. The van der Waals surface area contributed by atoms with Gasteiger partial charge in [0.2, 0.25) is 0 Å². The van der Waals surface area contributed by atoms with Crippen LogP contribution in [-0.4, -0.2) is 5.11 Å². The SMILES string of the molecule is Cc1cc(C(O)C(C)C)c(F)cc1F. The Morgan fingerprint density at radius 2 is 1.71 bits per heavy atom. The maximum absolute atomic E-state index is 13.2. The van der Waals surface area contributed by atoms with Crippen molar-refractivity contribution in [3.63, 3.8) is 0 Å². The van der Waals surface area contributed by atoms with Gasteiger partial charge in [0.1, 0.15) is 11.6 Å². The predicted octanol–water partition coefficient (Wildman–Crippen LogP) is 2.96. The van der Waals surface area contributed by atoms with Gasteiger partial charge >= 0.3 is 0 Å². The first kappa shape index (κ1) is 11.1. The van der Waals surface area contributed by atoms with Crippen LogP contribution in [0.1, 0.15) is 31.1 Å². The molecule has 1 N–H and O–H groups in total. The van der Waals surface area contributed by atoms with E-state index in [4.69, 9.17) is 0 Å². The standard InChI is InChI=1S/C11H14F2O/c1-6(2)11(14)8-4-7(3)9(12)5-10(8)13/h4-6,11,14H,1-3H3. The molecule has 0 heterocycles. The zero-order valence-electron chi connectivity index (χ0n) is 8.51. The van der Waals surface area contributed by atoms with Gasteiger partial charge in [0.05, 0.1) is 6.10 Å². The zero-order chi connectivity index (χ0) is 10.9. The summed E-state index contributed by atoms with van der Waals surface area (Å²) in [5, 5.41) is 9.63. The number of aliphatic hydroxyl groups is 1. The van der Waals surface area contributed by atoms with Gasteiger partial charge in [-0.2, -0.15) is 0 Å². The molecule has 1 unspecified atom stereocenters. The van der Waals surface area contributed by atoms with Crippen molar-refractivity contribution in [2.45, 2.75) is 26.9 Å². The van der Waals surface area contributed by atoms with Gasteiger partial charge < -0.3 is 5.11 Å². The molecule has 0 fully saturated rings. The van der Waals surface area contributed by atoms with Crippen LogP contribution in [0.15, 0.2) is 12.1 Å². The van der Waals surface area contributed by atoms with Crippen LogP contribution in [0, 0.1) is 24.5 Å². The fourth-order valence-corrected chi connectivity index (χ4v) is 1.27. The highest BCUT2D eigenvalue weighted by atomic mass is 19.1. The van der Waals surface area contributed by atoms with E-state index in [1.54, 1.807) is 20.8 Å². The smallest absolute Gasteiger partial charge is 0.131 e. The summed E-state index contributed by atoms with van der Waals surface area (Å²) < 4.78 is 26.1. The van der Waals surface area contributed by atoms with E-state index in [-0.39, 0.29) is 11.5 Å². The Morgan fingerprint density at radius 3 is 2.21 bits per heavy atom. The third kappa shape index (κ3) is 2.10. The van der Waals surface area contributed by atoms with Crippen molar-refractivity contribution >= 4 is 0 Å². The summed E-state index contributed by atoms with van der Waals surface area (Å²) in [6.45, 7) is 5.11. The van der Waals surface area contributed by atoms with Crippen molar-refractivity contribution in [3.05, 3.63) is 34.9 Å². The summed E-state index contributed by atoms with van der Waals surface area (Å²) in [4.78, 5) is 0.